The summed E-state index contributed by atoms with van der Waals surface area (Å²) in [5.74, 6) is 1.06. The maximum Gasteiger partial charge on any atom is 0.323 e. The molecule has 0 aliphatic heterocycles. The molecule has 0 aliphatic rings. The molecule has 0 unspecified atom stereocenters. The number of H-pyrrole nitrogens is 3. The minimum atomic E-state index is -0.169. The number of hydrogen-bond donors (Lipinski definition) is 4. The van der Waals surface area contributed by atoms with E-state index in [0.717, 1.165) is 54.0 Å². The SMILES string of the molecule is CCCCc1ncc(CNCc2ccc3[nH]c(=O)[nH]c3c2)[nH]1. The van der Waals surface area contributed by atoms with Crippen LogP contribution in [-0.2, 0) is 19.5 Å². The highest BCUT2D eigenvalue weighted by atomic mass is 16.1. The fourth-order valence-electron chi connectivity index (χ4n) is 2.50. The third-order valence-electron chi connectivity index (χ3n) is 3.67. The van der Waals surface area contributed by atoms with Gasteiger partial charge in [-0.2, -0.15) is 0 Å². The molecule has 4 N–H and O–H groups in total. The number of aryl methyl sites for hydroxylation is 1. The van der Waals surface area contributed by atoms with Crippen LogP contribution >= 0.6 is 0 Å². The quantitative estimate of drug-likeness (QED) is 0.539. The summed E-state index contributed by atoms with van der Waals surface area (Å²) < 4.78 is 0. The topological polar surface area (TPSA) is 89.4 Å². The van der Waals surface area contributed by atoms with Crippen molar-refractivity contribution in [2.45, 2.75) is 39.3 Å². The number of nitrogens with one attached hydrogen (secondary N) is 4. The Morgan fingerprint density at radius 3 is 2.86 bits per heavy atom. The third kappa shape index (κ3) is 3.46. The van der Waals surface area contributed by atoms with Crippen molar-refractivity contribution in [3.63, 3.8) is 0 Å². The van der Waals surface area contributed by atoms with Gasteiger partial charge in [0.15, 0.2) is 0 Å². The molecule has 3 rings (SSSR count). The zero-order valence-electron chi connectivity index (χ0n) is 12.7. The van der Waals surface area contributed by atoms with Crippen LogP contribution < -0.4 is 11.0 Å². The summed E-state index contributed by atoms with van der Waals surface area (Å²) in [6.45, 7) is 3.67. The Labute approximate surface area is 128 Å². The van der Waals surface area contributed by atoms with Gasteiger partial charge >= 0.3 is 5.69 Å². The van der Waals surface area contributed by atoms with E-state index in [4.69, 9.17) is 0 Å². The van der Waals surface area contributed by atoms with Gasteiger partial charge in [-0.05, 0) is 24.1 Å². The van der Waals surface area contributed by atoms with E-state index < -0.39 is 0 Å². The zero-order chi connectivity index (χ0) is 15.4. The second kappa shape index (κ2) is 6.62. The molecule has 22 heavy (non-hydrogen) atoms. The molecule has 2 heterocycles. The first-order valence-corrected chi connectivity index (χ1v) is 7.69. The molecule has 1 aromatic carbocycles. The molecule has 0 saturated heterocycles. The van der Waals surface area contributed by atoms with E-state index in [9.17, 15) is 4.79 Å². The monoisotopic (exact) mass is 299 g/mol. The second-order valence-electron chi connectivity index (χ2n) is 5.52. The first-order valence-electron chi connectivity index (χ1n) is 7.69. The standard InChI is InChI=1S/C16H21N5O/c1-2-3-4-15-18-10-12(19-15)9-17-8-11-5-6-13-14(7-11)21-16(22)20-13/h5-7,10,17H,2-4,8-9H2,1H3,(H,18,19)(H2,20,21,22). The van der Waals surface area contributed by atoms with Gasteiger partial charge < -0.3 is 20.3 Å². The van der Waals surface area contributed by atoms with Crippen molar-refractivity contribution in [3.8, 4) is 0 Å². The van der Waals surface area contributed by atoms with E-state index in [2.05, 4.69) is 32.2 Å². The molecule has 116 valence electrons. The molecular weight excluding hydrogens is 278 g/mol. The van der Waals surface area contributed by atoms with Crippen molar-refractivity contribution >= 4 is 11.0 Å². The smallest absolute Gasteiger partial charge is 0.323 e. The molecule has 0 fully saturated rings. The Kier molecular flexibility index (Phi) is 4.39. The second-order valence-corrected chi connectivity index (χ2v) is 5.52. The summed E-state index contributed by atoms with van der Waals surface area (Å²) in [6, 6.07) is 5.92. The lowest BCUT2D eigenvalue weighted by Crippen LogP contribution is -2.12. The number of unbranched alkanes of at least 4 members (excludes halogenated alkanes) is 1. The van der Waals surface area contributed by atoms with Crippen molar-refractivity contribution in [2.24, 2.45) is 0 Å². The van der Waals surface area contributed by atoms with E-state index in [1.165, 1.54) is 6.42 Å². The van der Waals surface area contributed by atoms with Crippen LogP contribution in [0.15, 0.2) is 29.2 Å². The van der Waals surface area contributed by atoms with Gasteiger partial charge in [0.2, 0.25) is 0 Å². The number of imidazole rings is 2. The van der Waals surface area contributed by atoms with E-state index in [-0.39, 0.29) is 5.69 Å². The van der Waals surface area contributed by atoms with Crippen LogP contribution in [0.2, 0.25) is 0 Å². The molecule has 6 heteroatoms. The Morgan fingerprint density at radius 1 is 1.14 bits per heavy atom. The number of rotatable bonds is 7. The predicted molar refractivity (Wildman–Crippen MR) is 86.7 cm³/mol. The van der Waals surface area contributed by atoms with Crippen LogP contribution in [0.4, 0.5) is 0 Å². The number of nitrogens with zero attached hydrogens (tertiary/aromatic N) is 1. The number of aromatic nitrogens is 4. The van der Waals surface area contributed by atoms with Gasteiger partial charge in [0.1, 0.15) is 5.82 Å². The third-order valence-corrected chi connectivity index (χ3v) is 3.67. The molecule has 0 radical (unpaired) electrons. The van der Waals surface area contributed by atoms with Crippen molar-refractivity contribution in [1.29, 1.82) is 0 Å². The van der Waals surface area contributed by atoms with Crippen molar-refractivity contribution in [2.75, 3.05) is 0 Å². The maximum atomic E-state index is 11.2. The first kappa shape index (κ1) is 14.6. The van der Waals surface area contributed by atoms with Crippen LogP contribution in [-0.4, -0.2) is 19.9 Å². The van der Waals surface area contributed by atoms with Crippen molar-refractivity contribution in [3.05, 3.63) is 52.0 Å². The summed E-state index contributed by atoms with van der Waals surface area (Å²) in [4.78, 5) is 24.5. The van der Waals surface area contributed by atoms with Crippen molar-refractivity contribution < 1.29 is 0 Å². The summed E-state index contributed by atoms with van der Waals surface area (Å²) in [7, 11) is 0. The van der Waals surface area contributed by atoms with Gasteiger partial charge in [-0.3, -0.25) is 0 Å². The number of fused-ring (bicyclic) bond motifs is 1. The minimum Gasteiger partial charge on any atom is -0.345 e. The number of benzene rings is 1. The molecule has 0 bridgehead atoms. The molecule has 3 aromatic rings. The fraction of sp³-hybridized carbons (Fsp3) is 0.375. The van der Waals surface area contributed by atoms with Gasteiger partial charge in [0.25, 0.3) is 0 Å². The lowest BCUT2D eigenvalue weighted by Gasteiger charge is -2.03. The van der Waals surface area contributed by atoms with Gasteiger partial charge in [-0.25, -0.2) is 9.78 Å². The van der Waals surface area contributed by atoms with Crippen LogP contribution in [0.1, 0.15) is 36.8 Å². The van der Waals surface area contributed by atoms with Gasteiger partial charge in [0, 0.05) is 31.4 Å². The predicted octanol–water partition coefficient (Wildman–Crippen LogP) is 2.21. The molecule has 2 aromatic heterocycles. The average molecular weight is 299 g/mol. The molecule has 0 amide bonds. The Bertz CT molecular complexity index is 798. The molecule has 0 saturated carbocycles. The van der Waals surface area contributed by atoms with Crippen LogP contribution in [0, 0.1) is 0 Å². The Hall–Kier alpha value is -2.34. The van der Waals surface area contributed by atoms with E-state index in [0.29, 0.717) is 0 Å². The van der Waals surface area contributed by atoms with E-state index in [1.807, 2.05) is 24.4 Å². The molecule has 0 spiro atoms. The number of hydrogen-bond acceptors (Lipinski definition) is 3. The summed E-state index contributed by atoms with van der Waals surface area (Å²) >= 11 is 0. The zero-order valence-corrected chi connectivity index (χ0v) is 12.7. The van der Waals surface area contributed by atoms with Crippen molar-refractivity contribution in [1.82, 2.24) is 25.3 Å². The average Bonchev–Trinajstić information content (AvgIpc) is 3.10. The summed E-state index contributed by atoms with van der Waals surface area (Å²) in [5, 5.41) is 3.39. The van der Waals surface area contributed by atoms with Crippen LogP contribution in [0.25, 0.3) is 11.0 Å². The highest BCUT2D eigenvalue weighted by Crippen LogP contribution is 2.10. The number of aromatic amines is 3. The fourth-order valence-corrected chi connectivity index (χ4v) is 2.50. The maximum absolute atomic E-state index is 11.2. The van der Waals surface area contributed by atoms with Gasteiger partial charge in [-0.1, -0.05) is 19.4 Å². The largest absolute Gasteiger partial charge is 0.345 e. The lowest BCUT2D eigenvalue weighted by molar-refractivity contribution is 0.679. The van der Waals surface area contributed by atoms with Gasteiger partial charge in [0.05, 0.1) is 11.0 Å². The Morgan fingerprint density at radius 2 is 2.00 bits per heavy atom. The minimum absolute atomic E-state index is 0.169. The van der Waals surface area contributed by atoms with E-state index >= 15 is 0 Å². The molecule has 0 atom stereocenters. The van der Waals surface area contributed by atoms with E-state index in [1.54, 1.807) is 0 Å². The van der Waals surface area contributed by atoms with Crippen LogP contribution in [0.3, 0.4) is 0 Å². The lowest BCUT2D eigenvalue weighted by atomic mass is 10.2. The van der Waals surface area contributed by atoms with Gasteiger partial charge in [-0.15, -0.1) is 0 Å². The summed E-state index contributed by atoms with van der Waals surface area (Å²) in [5.41, 5.74) is 3.74. The first-order chi connectivity index (χ1) is 10.7. The summed E-state index contributed by atoms with van der Waals surface area (Å²) in [6.07, 6.45) is 5.24. The molecule has 6 nitrogen and oxygen atoms in total. The Balaban J connectivity index is 1.55. The normalized spacial score (nSPS) is 11.3. The van der Waals surface area contributed by atoms with Crippen LogP contribution in [0.5, 0.6) is 0 Å². The highest BCUT2D eigenvalue weighted by Gasteiger charge is 2.02. The molecule has 0 aliphatic carbocycles. The molecular formula is C16H21N5O. The highest BCUT2D eigenvalue weighted by molar-refractivity contribution is 5.74.